The van der Waals surface area contributed by atoms with E-state index < -0.39 is 0 Å². The van der Waals surface area contributed by atoms with Gasteiger partial charge in [-0.1, -0.05) is 20.8 Å². The first kappa shape index (κ1) is 14.3. The van der Waals surface area contributed by atoms with Gasteiger partial charge in [0.2, 0.25) is 0 Å². The Labute approximate surface area is 111 Å². The molecule has 106 valence electrons. The lowest BCUT2D eigenvalue weighted by Crippen LogP contribution is -2.52. The number of fused-ring (bicyclic) bond motifs is 2. The highest BCUT2D eigenvalue weighted by molar-refractivity contribution is 5.12. The van der Waals surface area contributed by atoms with Crippen LogP contribution in [0.5, 0.6) is 0 Å². The summed E-state index contributed by atoms with van der Waals surface area (Å²) in [6, 6.07) is 0.528. The molecule has 3 heteroatoms. The van der Waals surface area contributed by atoms with Gasteiger partial charge in [0.25, 0.3) is 0 Å². The number of aliphatic hydroxyl groups is 1. The Kier molecular flexibility index (Phi) is 4.05. The van der Waals surface area contributed by atoms with Crippen LogP contribution < -0.4 is 5.32 Å². The number of ether oxygens (including phenoxy) is 1. The Bertz CT molecular complexity index is 287. The van der Waals surface area contributed by atoms with E-state index in [2.05, 4.69) is 26.1 Å². The van der Waals surface area contributed by atoms with Crippen LogP contribution in [0, 0.1) is 16.7 Å². The van der Waals surface area contributed by atoms with Crippen molar-refractivity contribution in [2.45, 2.75) is 59.1 Å². The zero-order valence-electron chi connectivity index (χ0n) is 12.3. The molecule has 0 aromatic heterocycles. The van der Waals surface area contributed by atoms with Crippen LogP contribution in [0.2, 0.25) is 0 Å². The number of aliphatic hydroxyl groups excluding tert-OH is 1. The lowest BCUT2D eigenvalue weighted by Gasteiger charge is -2.43. The average molecular weight is 255 g/mol. The summed E-state index contributed by atoms with van der Waals surface area (Å²) >= 11 is 0. The molecular formula is C15H29NO2. The smallest absolute Gasteiger partial charge is 0.0897 e. The molecular weight excluding hydrogens is 226 g/mol. The Morgan fingerprint density at radius 1 is 1.39 bits per heavy atom. The molecule has 3 nitrogen and oxygen atoms in total. The molecule has 0 aromatic rings. The lowest BCUT2D eigenvalue weighted by molar-refractivity contribution is 0.0300. The number of hydrogen-bond donors (Lipinski definition) is 2. The molecule has 0 saturated heterocycles. The van der Waals surface area contributed by atoms with Crippen molar-refractivity contribution < 1.29 is 9.84 Å². The van der Waals surface area contributed by atoms with Crippen LogP contribution in [0.25, 0.3) is 0 Å². The first-order chi connectivity index (χ1) is 8.40. The first-order valence-corrected chi connectivity index (χ1v) is 7.39. The van der Waals surface area contributed by atoms with E-state index in [1.54, 1.807) is 0 Å². The van der Waals surface area contributed by atoms with Gasteiger partial charge >= 0.3 is 0 Å². The molecule has 2 bridgehead atoms. The highest BCUT2D eigenvalue weighted by atomic mass is 16.5. The number of hydrogen-bond acceptors (Lipinski definition) is 3. The van der Waals surface area contributed by atoms with Crippen molar-refractivity contribution in [3.63, 3.8) is 0 Å². The summed E-state index contributed by atoms with van der Waals surface area (Å²) < 4.78 is 5.26. The third-order valence-electron chi connectivity index (χ3n) is 5.34. The van der Waals surface area contributed by atoms with Crippen LogP contribution in [0.15, 0.2) is 0 Å². The fourth-order valence-electron chi connectivity index (χ4n) is 4.38. The van der Waals surface area contributed by atoms with Crippen molar-refractivity contribution in [1.82, 2.24) is 5.32 Å². The Hall–Kier alpha value is -0.120. The Morgan fingerprint density at radius 2 is 2.11 bits per heavy atom. The predicted octanol–water partition coefficient (Wildman–Crippen LogP) is 2.19. The lowest BCUT2D eigenvalue weighted by atomic mass is 9.68. The van der Waals surface area contributed by atoms with Crippen molar-refractivity contribution in [2.75, 3.05) is 19.8 Å². The second-order valence-corrected chi connectivity index (χ2v) is 7.07. The molecule has 0 heterocycles. The molecule has 0 aliphatic heterocycles. The molecule has 2 N–H and O–H groups in total. The van der Waals surface area contributed by atoms with E-state index in [0.717, 1.165) is 5.92 Å². The van der Waals surface area contributed by atoms with Crippen LogP contribution >= 0.6 is 0 Å². The molecule has 0 aromatic carbocycles. The molecule has 2 saturated carbocycles. The summed E-state index contributed by atoms with van der Waals surface area (Å²) in [7, 11) is 0. The van der Waals surface area contributed by atoms with Gasteiger partial charge in [-0.25, -0.2) is 0 Å². The van der Waals surface area contributed by atoms with E-state index in [1.165, 1.54) is 19.3 Å². The second-order valence-electron chi connectivity index (χ2n) is 7.07. The van der Waals surface area contributed by atoms with Gasteiger partial charge in [-0.3, -0.25) is 0 Å². The third-order valence-corrected chi connectivity index (χ3v) is 5.34. The van der Waals surface area contributed by atoms with E-state index in [4.69, 9.17) is 4.74 Å². The maximum Gasteiger partial charge on any atom is 0.0897 e. The van der Waals surface area contributed by atoms with E-state index >= 15 is 0 Å². The van der Waals surface area contributed by atoms with E-state index in [0.29, 0.717) is 36.6 Å². The molecule has 0 amide bonds. The van der Waals surface area contributed by atoms with Gasteiger partial charge in [-0.05, 0) is 42.9 Å². The van der Waals surface area contributed by atoms with Crippen molar-refractivity contribution >= 4 is 0 Å². The molecule has 2 rings (SSSR count). The molecule has 18 heavy (non-hydrogen) atoms. The van der Waals surface area contributed by atoms with Gasteiger partial charge in [0.15, 0.2) is 0 Å². The number of rotatable bonds is 6. The summed E-state index contributed by atoms with van der Waals surface area (Å²) in [4.78, 5) is 0. The fraction of sp³-hybridized carbons (Fsp3) is 1.00. The standard InChI is InChI=1S/C15H29NO2/c1-5-18-10-12(17)9-16-13-14(2,3)11-6-7-15(13,4)8-11/h11-13,16-17H,5-10H2,1-4H3. The van der Waals surface area contributed by atoms with Crippen molar-refractivity contribution in [2.24, 2.45) is 16.7 Å². The van der Waals surface area contributed by atoms with Gasteiger partial charge < -0.3 is 15.2 Å². The van der Waals surface area contributed by atoms with E-state index in [1.807, 2.05) is 6.92 Å². The van der Waals surface area contributed by atoms with Gasteiger partial charge in [-0.2, -0.15) is 0 Å². The Balaban J connectivity index is 1.89. The van der Waals surface area contributed by atoms with E-state index in [-0.39, 0.29) is 6.10 Å². The van der Waals surface area contributed by atoms with Crippen LogP contribution in [-0.2, 0) is 4.74 Å². The van der Waals surface area contributed by atoms with Crippen molar-refractivity contribution in [1.29, 1.82) is 0 Å². The first-order valence-electron chi connectivity index (χ1n) is 7.39. The minimum absolute atomic E-state index is 0.359. The van der Waals surface area contributed by atoms with Crippen LogP contribution in [-0.4, -0.2) is 37.0 Å². The minimum Gasteiger partial charge on any atom is -0.389 e. The van der Waals surface area contributed by atoms with Gasteiger partial charge in [0.05, 0.1) is 12.7 Å². The topological polar surface area (TPSA) is 41.5 Å². The molecule has 4 atom stereocenters. The van der Waals surface area contributed by atoms with Gasteiger partial charge in [0.1, 0.15) is 0 Å². The molecule has 0 radical (unpaired) electrons. The maximum absolute atomic E-state index is 9.88. The van der Waals surface area contributed by atoms with Gasteiger partial charge in [0, 0.05) is 19.2 Å². The van der Waals surface area contributed by atoms with Crippen LogP contribution in [0.3, 0.4) is 0 Å². The van der Waals surface area contributed by atoms with E-state index in [9.17, 15) is 5.11 Å². The highest BCUT2D eigenvalue weighted by Crippen LogP contribution is 2.62. The third kappa shape index (κ3) is 2.45. The van der Waals surface area contributed by atoms with Crippen molar-refractivity contribution in [3.05, 3.63) is 0 Å². The molecule has 0 spiro atoms. The minimum atomic E-state index is -0.386. The molecule has 2 aliphatic carbocycles. The summed E-state index contributed by atoms with van der Waals surface area (Å²) in [5.74, 6) is 0.851. The van der Waals surface area contributed by atoms with Crippen molar-refractivity contribution in [3.8, 4) is 0 Å². The molecule has 2 aliphatic rings. The maximum atomic E-state index is 9.88. The van der Waals surface area contributed by atoms with Crippen LogP contribution in [0.1, 0.15) is 47.0 Å². The summed E-state index contributed by atoms with van der Waals surface area (Å²) in [6.45, 7) is 10.9. The zero-order chi connectivity index (χ0) is 13.4. The largest absolute Gasteiger partial charge is 0.389 e. The SMILES string of the molecule is CCOCC(O)CNC1C2(C)CCC(C2)C1(C)C. The summed E-state index contributed by atoms with van der Waals surface area (Å²) in [5, 5.41) is 13.5. The monoisotopic (exact) mass is 255 g/mol. The van der Waals surface area contributed by atoms with Gasteiger partial charge in [-0.15, -0.1) is 0 Å². The van der Waals surface area contributed by atoms with Crippen LogP contribution in [0.4, 0.5) is 0 Å². The number of nitrogens with one attached hydrogen (secondary N) is 1. The Morgan fingerprint density at radius 3 is 2.67 bits per heavy atom. The fourth-order valence-corrected chi connectivity index (χ4v) is 4.38. The normalized spacial score (nSPS) is 39.2. The summed E-state index contributed by atoms with van der Waals surface area (Å²) in [5.41, 5.74) is 0.790. The average Bonchev–Trinajstić information content (AvgIpc) is 2.77. The highest BCUT2D eigenvalue weighted by Gasteiger charge is 2.58. The molecule has 4 unspecified atom stereocenters. The second kappa shape index (κ2) is 5.10. The quantitative estimate of drug-likeness (QED) is 0.764. The molecule has 2 fully saturated rings. The predicted molar refractivity (Wildman–Crippen MR) is 73.5 cm³/mol. The summed E-state index contributed by atoms with van der Waals surface area (Å²) in [6.07, 6.45) is 3.67. The zero-order valence-corrected chi connectivity index (χ0v) is 12.3.